The third-order valence-corrected chi connectivity index (χ3v) is 3.88. The molecule has 2 atom stereocenters. The highest BCUT2D eigenvalue weighted by Crippen LogP contribution is 2.27. The first-order valence-electron chi connectivity index (χ1n) is 6.46. The van der Waals surface area contributed by atoms with Crippen LogP contribution in [0.3, 0.4) is 0 Å². The van der Waals surface area contributed by atoms with Gasteiger partial charge in [-0.25, -0.2) is 9.59 Å². The van der Waals surface area contributed by atoms with Crippen LogP contribution in [0.15, 0.2) is 0 Å². The summed E-state index contributed by atoms with van der Waals surface area (Å²) in [4.78, 5) is 25.1. The molecule has 6 nitrogen and oxygen atoms in total. The van der Waals surface area contributed by atoms with Gasteiger partial charge < -0.3 is 15.7 Å². The van der Waals surface area contributed by atoms with Gasteiger partial charge in [-0.2, -0.15) is 0 Å². The summed E-state index contributed by atoms with van der Waals surface area (Å²) in [5.41, 5.74) is -1.24. The van der Waals surface area contributed by atoms with Crippen molar-refractivity contribution in [2.45, 2.75) is 50.7 Å². The second kappa shape index (κ2) is 4.76. The Labute approximate surface area is 107 Å². The Balaban J connectivity index is 1.86. The molecule has 2 fully saturated rings. The van der Waals surface area contributed by atoms with Crippen LogP contribution >= 0.6 is 0 Å². The van der Waals surface area contributed by atoms with Crippen LogP contribution < -0.4 is 10.6 Å². The number of aliphatic carboxylic acids is 1. The van der Waals surface area contributed by atoms with E-state index in [1.165, 1.54) is 20.3 Å². The number of hydrogen-bond acceptors (Lipinski definition) is 3. The van der Waals surface area contributed by atoms with Crippen molar-refractivity contribution in [3.63, 3.8) is 0 Å². The Bertz CT molecular complexity index is 356. The fraction of sp³-hybridized carbons (Fsp3) is 0.833. The largest absolute Gasteiger partial charge is 0.480 e. The Morgan fingerprint density at radius 3 is 2.67 bits per heavy atom. The van der Waals surface area contributed by atoms with Gasteiger partial charge in [-0.05, 0) is 39.7 Å². The van der Waals surface area contributed by atoms with E-state index < -0.39 is 11.5 Å². The van der Waals surface area contributed by atoms with E-state index in [0.717, 1.165) is 25.9 Å². The van der Waals surface area contributed by atoms with Crippen molar-refractivity contribution in [3.8, 4) is 0 Å². The molecule has 0 aromatic rings. The fourth-order valence-corrected chi connectivity index (χ4v) is 2.79. The SMILES string of the molecule is CC(C)(NC(=O)NC1CCN2CCCC12)C(=O)O. The maximum Gasteiger partial charge on any atom is 0.328 e. The Kier molecular flexibility index (Phi) is 3.47. The van der Waals surface area contributed by atoms with Crippen molar-refractivity contribution in [2.24, 2.45) is 0 Å². The maximum absolute atomic E-state index is 11.8. The summed E-state index contributed by atoms with van der Waals surface area (Å²) in [6, 6.07) is 0.196. The summed E-state index contributed by atoms with van der Waals surface area (Å²) in [7, 11) is 0. The molecule has 3 N–H and O–H groups in total. The van der Waals surface area contributed by atoms with Crippen molar-refractivity contribution in [2.75, 3.05) is 13.1 Å². The summed E-state index contributed by atoms with van der Waals surface area (Å²) < 4.78 is 0. The lowest BCUT2D eigenvalue weighted by atomic mass is 10.1. The average Bonchev–Trinajstić information content (AvgIpc) is 2.81. The molecule has 0 radical (unpaired) electrons. The van der Waals surface area contributed by atoms with Gasteiger partial charge in [0.25, 0.3) is 0 Å². The Morgan fingerprint density at radius 2 is 2.00 bits per heavy atom. The zero-order chi connectivity index (χ0) is 13.3. The zero-order valence-corrected chi connectivity index (χ0v) is 10.9. The van der Waals surface area contributed by atoms with E-state index in [0.29, 0.717) is 6.04 Å². The molecule has 2 aliphatic heterocycles. The Hall–Kier alpha value is -1.30. The van der Waals surface area contributed by atoms with Crippen molar-refractivity contribution in [1.82, 2.24) is 15.5 Å². The normalized spacial score (nSPS) is 27.9. The first-order chi connectivity index (χ1) is 8.40. The molecule has 0 aromatic carbocycles. The van der Waals surface area contributed by atoms with Gasteiger partial charge in [-0.1, -0.05) is 0 Å². The van der Waals surface area contributed by atoms with E-state index in [-0.39, 0.29) is 12.1 Å². The first-order valence-corrected chi connectivity index (χ1v) is 6.46. The summed E-state index contributed by atoms with van der Waals surface area (Å²) in [5, 5.41) is 14.4. The van der Waals surface area contributed by atoms with Gasteiger partial charge in [0.1, 0.15) is 5.54 Å². The highest BCUT2D eigenvalue weighted by Gasteiger charge is 2.38. The van der Waals surface area contributed by atoms with Crippen LogP contribution in [0.25, 0.3) is 0 Å². The van der Waals surface area contributed by atoms with E-state index in [2.05, 4.69) is 15.5 Å². The average molecular weight is 255 g/mol. The van der Waals surface area contributed by atoms with E-state index >= 15 is 0 Å². The number of carboxylic acids is 1. The van der Waals surface area contributed by atoms with Crippen LogP contribution in [0.1, 0.15) is 33.1 Å². The number of fused-ring (bicyclic) bond motifs is 1. The van der Waals surface area contributed by atoms with Gasteiger partial charge in [0.15, 0.2) is 0 Å². The first kappa shape index (κ1) is 13.1. The lowest BCUT2D eigenvalue weighted by Crippen LogP contribution is -2.56. The van der Waals surface area contributed by atoms with E-state index in [9.17, 15) is 9.59 Å². The lowest BCUT2D eigenvalue weighted by molar-refractivity contribution is -0.142. The predicted octanol–water partition coefficient (Wildman–Crippen LogP) is 0.386. The molecule has 2 heterocycles. The number of nitrogens with one attached hydrogen (secondary N) is 2. The number of nitrogens with zero attached hydrogens (tertiary/aromatic N) is 1. The van der Waals surface area contributed by atoms with Crippen LogP contribution in [0.4, 0.5) is 4.79 Å². The standard InChI is InChI=1S/C12H21N3O3/c1-12(2,10(16)17)14-11(18)13-8-5-7-15-6-3-4-9(8)15/h8-9H,3-7H2,1-2H3,(H,16,17)(H2,13,14,18). The molecule has 0 spiro atoms. The molecule has 102 valence electrons. The third kappa shape index (κ3) is 2.58. The van der Waals surface area contributed by atoms with Crippen molar-refractivity contribution >= 4 is 12.0 Å². The molecule has 2 aliphatic rings. The quantitative estimate of drug-likeness (QED) is 0.681. The van der Waals surface area contributed by atoms with Crippen molar-refractivity contribution in [1.29, 1.82) is 0 Å². The minimum Gasteiger partial charge on any atom is -0.480 e. The molecule has 0 aliphatic carbocycles. The lowest BCUT2D eigenvalue weighted by Gasteiger charge is -2.25. The van der Waals surface area contributed by atoms with Crippen LogP contribution in [0.2, 0.25) is 0 Å². The minimum absolute atomic E-state index is 0.150. The fourth-order valence-electron chi connectivity index (χ4n) is 2.79. The van der Waals surface area contributed by atoms with Crippen molar-refractivity contribution < 1.29 is 14.7 Å². The van der Waals surface area contributed by atoms with Crippen LogP contribution in [0.5, 0.6) is 0 Å². The summed E-state index contributed by atoms with van der Waals surface area (Å²) in [6.45, 7) is 5.10. The third-order valence-electron chi connectivity index (χ3n) is 3.88. The number of carbonyl (C=O) groups excluding carboxylic acids is 1. The molecule has 2 unspecified atom stereocenters. The van der Waals surface area contributed by atoms with Crippen LogP contribution in [0, 0.1) is 0 Å². The van der Waals surface area contributed by atoms with Gasteiger partial charge in [0.2, 0.25) is 0 Å². The maximum atomic E-state index is 11.8. The van der Waals surface area contributed by atoms with Gasteiger partial charge in [-0.15, -0.1) is 0 Å². The van der Waals surface area contributed by atoms with Gasteiger partial charge in [-0.3, -0.25) is 4.90 Å². The van der Waals surface area contributed by atoms with E-state index in [1.54, 1.807) is 0 Å². The second-order valence-corrected chi connectivity index (χ2v) is 5.67. The zero-order valence-electron chi connectivity index (χ0n) is 10.9. The summed E-state index contributed by atoms with van der Waals surface area (Å²) in [5.74, 6) is -1.04. The highest BCUT2D eigenvalue weighted by atomic mass is 16.4. The number of carbonyl (C=O) groups is 2. The second-order valence-electron chi connectivity index (χ2n) is 5.67. The van der Waals surface area contributed by atoms with Gasteiger partial charge >= 0.3 is 12.0 Å². The number of rotatable bonds is 3. The summed E-state index contributed by atoms with van der Waals surface area (Å²) >= 11 is 0. The highest BCUT2D eigenvalue weighted by molar-refractivity contribution is 5.85. The van der Waals surface area contributed by atoms with Gasteiger partial charge in [0, 0.05) is 18.6 Å². The Morgan fingerprint density at radius 1 is 1.28 bits per heavy atom. The smallest absolute Gasteiger partial charge is 0.328 e. The topological polar surface area (TPSA) is 81.7 Å². The van der Waals surface area contributed by atoms with E-state index in [1.807, 2.05) is 0 Å². The number of urea groups is 1. The molecule has 2 saturated heterocycles. The molecular formula is C12H21N3O3. The monoisotopic (exact) mass is 255 g/mol. The number of carboxylic acid groups (broad SMARTS) is 1. The molecule has 2 rings (SSSR count). The molecule has 0 aromatic heterocycles. The summed E-state index contributed by atoms with van der Waals surface area (Å²) in [6.07, 6.45) is 3.25. The van der Waals surface area contributed by atoms with Crippen molar-refractivity contribution in [3.05, 3.63) is 0 Å². The predicted molar refractivity (Wildman–Crippen MR) is 66.4 cm³/mol. The molecule has 6 heteroatoms. The molecule has 0 saturated carbocycles. The number of hydrogen-bond donors (Lipinski definition) is 3. The molecule has 18 heavy (non-hydrogen) atoms. The minimum atomic E-state index is -1.24. The van der Waals surface area contributed by atoms with Gasteiger partial charge in [0.05, 0.1) is 0 Å². The molecule has 2 amide bonds. The number of amides is 2. The van der Waals surface area contributed by atoms with Crippen LogP contribution in [-0.4, -0.2) is 52.7 Å². The van der Waals surface area contributed by atoms with E-state index in [4.69, 9.17) is 5.11 Å². The molecule has 0 bridgehead atoms. The molecular weight excluding hydrogens is 234 g/mol. The van der Waals surface area contributed by atoms with Crippen LogP contribution in [-0.2, 0) is 4.79 Å².